The largest absolute Gasteiger partial charge is 0.375 e. The summed E-state index contributed by atoms with van der Waals surface area (Å²) in [5.74, 6) is 0.293. The smallest absolute Gasteiger partial charge is 0.239 e. The molecular weight excluding hydrogens is 264 g/mol. The standard InChI is InChI=1S/C17H30N2O2/c1-14(16(20)19-10-5-2-6-11-19)18-15-7-12-21-17(13-15)8-3-4-9-17/h14-15,18H,2-13H2,1H3. The van der Waals surface area contributed by atoms with Gasteiger partial charge in [0.15, 0.2) is 0 Å². The zero-order valence-corrected chi connectivity index (χ0v) is 13.4. The van der Waals surface area contributed by atoms with Crippen molar-refractivity contribution in [3.8, 4) is 0 Å². The van der Waals surface area contributed by atoms with Crippen LogP contribution in [0, 0.1) is 0 Å². The highest BCUT2D eigenvalue weighted by molar-refractivity contribution is 5.81. The topological polar surface area (TPSA) is 41.6 Å². The van der Waals surface area contributed by atoms with E-state index >= 15 is 0 Å². The van der Waals surface area contributed by atoms with Crippen molar-refractivity contribution in [2.24, 2.45) is 0 Å². The fraction of sp³-hybridized carbons (Fsp3) is 0.941. The second kappa shape index (κ2) is 6.66. The van der Waals surface area contributed by atoms with Crippen LogP contribution in [0.2, 0.25) is 0 Å². The molecule has 4 nitrogen and oxygen atoms in total. The van der Waals surface area contributed by atoms with Gasteiger partial charge in [-0.05, 0) is 51.9 Å². The summed E-state index contributed by atoms with van der Waals surface area (Å²) in [4.78, 5) is 14.6. The Morgan fingerprint density at radius 2 is 1.90 bits per heavy atom. The van der Waals surface area contributed by atoms with E-state index in [-0.39, 0.29) is 11.6 Å². The number of piperidine rings is 1. The first kappa shape index (κ1) is 15.3. The molecule has 0 bridgehead atoms. The predicted octanol–water partition coefficient (Wildman–Crippen LogP) is 2.47. The van der Waals surface area contributed by atoms with Crippen LogP contribution >= 0.6 is 0 Å². The SMILES string of the molecule is CC(NC1CCOC2(CCCC2)C1)C(=O)N1CCCCC1. The van der Waals surface area contributed by atoms with Crippen molar-refractivity contribution in [2.45, 2.75) is 82.4 Å². The number of hydrogen-bond donors (Lipinski definition) is 1. The third kappa shape index (κ3) is 3.59. The third-order valence-electron chi connectivity index (χ3n) is 5.53. The molecule has 2 saturated heterocycles. The maximum absolute atomic E-state index is 12.5. The minimum Gasteiger partial charge on any atom is -0.375 e. The average molecular weight is 294 g/mol. The van der Waals surface area contributed by atoms with Gasteiger partial charge in [0.25, 0.3) is 0 Å². The van der Waals surface area contributed by atoms with E-state index in [0.717, 1.165) is 32.5 Å². The summed E-state index contributed by atoms with van der Waals surface area (Å²) in [7, 11) is 0. The minimum absolute atomic E-state index is 0.0512. The van der Waals surface area contributed by atoms with Gasteiger partial charge in [-0.25, -0.2) is 0 Å². The number of nitrogens with zero attached hydrogens (tertiary/aromatic N) is 1. The van der Waals surface area contributed by atoms with Crippen molar-refractivity contribution < 1.29 is 9.53 Å². The molecule has 3 fully saturated rings. The molecule has 1 amide bonds. The van der Waals surface area contributed by atoms with Gasteiger partial charge in [-0.3, -0.25) is 4.79 Å². The van der Waals surface area contributed by atoms with E-state index in [4.69, 9.17) is 4.74 Å². The van der Waals surface area contributed by atoms with Gasteiger partial charge in [-0.1, -0.05) is 12.8 Å². The van der Waals surface area contributed by atoms with Gasteiger partial charge in [0.05, 0.1) is 11.6 Å². The van der Waals surface area contributed by atoms with Crippen LogP contribution in [0.3, 0.4) is 0 Å². The van der Waals surface area contributed by atoms with Crippen molar-refractivity contribution in [3.63, 3.8) is 0 Å². The molecule has 2 atom stereocenters. The lowest BCUT2D eigenvalue weighted by molar-refractivity contribution is -0.135. The lowest BCUT2D eigenvalue weighted by Gasteiger charge is -2.40. The molecule has 1 N–H and O–H groups in total. The Kier molecular flexibility index (Phi) is 4.85. The van der Waals surface area contributed by atoms with Gasteiger partial charge >= 0.3 is 0 Å². The summed E-state index contributed by atoms with van der Waals surface area (Å²) in [5, 5.41) is 3.60. The Bertz CT molecular complexity index is 360. The van der Waals surface area contributed by atoms with Gasteiger partial charge in [0, 0.05) is 25.7 Å². The Hall–Kier alpha value is -0.610. The van der Waals surface area contributed by atoms with Crippen molar-refractivity contribution in [3.05, 3.63) is 0 Å². The first-order valence-electron chi connectivity index (χ1n) is 8.87. The molecular formula is C17H30N2O2. The number of carbonyl (C=O) groups excluding carboxylic acids is 1. The van der Waals surface area contributed by atoms with E-state index in [1.54, 1.807) is 0 Å². The molecule has 120 valence electrons. The summed E-state index contributed by atoms with van der Waals surface area (Å²) in [6, 6.07) is 0.394. The van der Waals surface area contributed by atoms with E-state index in [2.05, 4.69) is 5.32 Å². The molecule has 2 aliphatic heterocycles. The fourth-order valence-corrected chi connectivity index (χ4v) is 4.35. The molecule has 0 aromatic heterocycles. The monoisotopic (exact) mass is 294 g/mol. The van der Waals surface area contributed by atoms with Gasteiger partial charge in [-0.15, -0.1) is 0 Å². The van der Waals surface area contributed by atoms with Crippen LogP contribution in [-0.2, 0) is 9.53 Å². The predicted molar refractivity (Wildman–Crippen MR) is 83.2 cm³/mol. The molecule has 0 radical (unpaired) electrons. The van der Waals surface area contributed by atoms with Crippen molar-refractivity contribution in [2.75, 3.05) is 19.7 Å². The second-order valence-corrected chi connectivity index (χ2v) is 7.20. The van der Waals surface area contributed by atoms with Gasteiger partial charge in [-0.2, -0.15) is 0 Å². The van der Waals surface area contributed by atoms with E-state index in [0.29, 0.717) is 11.9 Å². The number of nitrogens with one attached hydrogen (secondary N) is 1. The molecule has 1 saturated carbocycles. The summed E-state index contributed by atoms with van der Waals surface area (Å²) in [5.41, 5.74) is 0.129. The zero-order valence-electron chi connectivity index (χ0n) is 13.4. The Labute approximate surface area is 128 Å². The Balaban J connectivity index is 1.51. The van der Waals surface area contributed by atoms with Crippen LogP contribution in [0.5, 0.6) is 0 Å². The molecule has 4 heteroatoms. The highest BCUT2D eigenvalue weighted by Crippen LogP contribution is 2.40. The van der Waals surface area contributed by atoms with E-state index in [1.165, 1.54) is 44.9 Å². The summed E-state index contributed by atoms with van der Waals surface area (Å²) >= 11 is 0. The van der Waals surface area contributed by atoms with Gasteiger partial charge in [0.2, 0.25) is 5.91 Å². The number of likely N-dealkylation sites (tertiary alicyclic amines) is 1. The summed E-state index contributed by atoms with van der Waals surface area (Å²) < 4.78 is 6.08. The van der Waals surface area contributed by atoms with Crippen LogP contribution in [0.25, 0.3) is 0 Å². The second-order valence-electron chi connectivity index (χ2n) is 7.20. The van der Waals surface area contributed by atoms with E-state index in [9.17, 15) is 4.79 Å². The average Bonchev–Trinajstić information content (AvgIpc) is 2.95. The third-order valence-corrected chi connectivity index (χ3v) is 5.53. The molecule has 21 heavy (non-hydrogen) atoms. The quantitative estimate of drug-likeness (QED) is 0.869. The Morgan fingerprint density at radius 1 is 1.19 bits per heavy atom. The van der Waals surface area contributed by atoms with Crippen LogP contribution in [-0.4, -0.2) is 48.2 Å². The first-order valence-corrected chi connectivity index (χ1v) is 8.87. The van der Waals surface area contributed by atoms with Crippen molar-refractivity contribution in [1.82, 2.24) is 10.2 Å². The summed E-state index contributed by atoms with van der Waals surface area (Å²) in [6.07, 6.45) is 10.7. The molecule has 2 unspecified atom stereocenters. The van der Waals surface area contributed by atoms with Gasteiger partial charge < -0.3 is 15.0 Å². The van der Waals surface area contributed by atoms with Gasteiger partial charge in [0.1, 0.15) is 0 Å². The lowest BCUT2D eigenvalue weighted by Crippen LogP contribution is -2.53. The van der Waals surface area contributed by atoms with Crippen LogP contribution in [0.1, 0.15) is 64.7 Å². The number of rotatable bonds is 3. The van der Waals surface area contributed by atoms with E-state index in [1.807, 2.05) is 11.8 Å². The minimum atomic E-state index is -0.0512. The van der Waals surface area contributed by atoms with Crippen molar-refractivity contribution >= 4 is 5.91 Å². The van der Waals surface area contributed by atoms with Crippen LogP contribution in [0.15, 0.2) is 0 Å². The van der Waals surface area contributed by atoms with E-state index < -0.39 is 0 Å². The highest BCUT2D eigenvalue weighted by atomic mass is 16.5. The molecule has 1 spiro atoms. The number of hydrogen-bond acceptors (Lipinski definition) is 3. The fourth-order valence-electron chi connectivity index (χ4n) is 4.35. The lowest BCUT2D eigenvalue weighted by atomic mass is 9.88. The van der Waals surface area contributed by atoms with Crippen molar-refractivity contribution in [1.29, 1.82) is 0 Å². The normalized spacial score (nSPS) is 30.5. The number of carbonyl (C=O) groups is 1. The number of amides is 1. The maximum Gasteiger partial charge on any atom is 0.239 e. The zero-order chi connectivity index (χ0) is 14.7. The van der Waals surface area contributed by atoms with Crippen LogP contribution < -0.4 is 5.32 Å². The first-order chi connectivity index (χ1) is 10.2. The molecule has 0 aromatic carbocycles. The molecule has 3 aliphatic rings. The molecule has 1 aliphatic carbocycles. The Morgan fingerprint density at radius 3 is 2.62 bits per heavy atom. The summed E-state index contributed by atoms with van der Waals surface area (Å²) in [6.45, 7) is 4.78. The molecule has 0 aromatic rings. The molecule has 2 heterocycles. The highest BCUT2D eigenvalue weighted by Gasteiger charge is 2.40. The molecule has 3 rings (SSSR count). The maximum atomic E-state index is 12.5. The number of ether oxygens (including phenoxy) is 1. The van der Waals surface area contributed by atoms with Crippen LogP contribution in [0.4, 0.5) is 0 Å².